The van der Waals surface area contributed by atoms with Crippen LogP contribution in [0.4, 0.5) is 0 Å². The molecule has 0 aliphatic carbocycles. The molecular weight excluding hydrogens is 378 g/mol. The van der Waals surface area contributed by atoms with E-state index in [0.717, 1.165) is 44.2 Å². The molecule has 4 rings (SSSR count). The molecule has 30 heavy (non-hydrogen) atoms. The van der Waals surface area contributed by atoms with Gasteiger partial charge >= 0.3 is 0 Å². The van der Waals surface area contributed by atoms with Crippen molar-refractivity contribution in [3.63, 3.8) is 0 Å². The Kier molecular flexibility index (Phi) is 6.55. The molecule has 2 aromatic rings. The van der Waals surface area contributed by atoms with Crippen LogP contribution in [0.2, 0.25) is 0 Å². The summed E-state index contributed by atoms with van der Waals surface area (Å²) >= 11 is 0. The van der Waals surface area contributed by atoms with Crippen LogP contribution in [0.3, 0.4) is 0 Å². The van der Waals surface area contributed by atoms with Crippen molar-refractivity contribution in [2.45, 2.75) is 19.6 Å². The van der Waals surface area contributed by atoms with Crippen molar-refractivity contribution in [3.05, 3.63) is 59.7 Å². The normalized spacial score (nSPS) is 23.1. The number of benzene rings is 2. The summed E-state index contributed by atoms with van der Waals surface area (Å²) in [6, 6.07) is 16.3. The minimum atomic E-state index is -0.126. The summed E-state index contributed by atoms with van der Waals surface area (Å²) in [6.45, 7) is 9.13. The third-order valence-electron chi connectivity index (χ3n) is 6.24. The maximum atomic E-state index is 12.7. The van der Waals surface area contributed by atoms with E-state index < -0.39 is 0 Å². The molecule has 160 valence electrons. The van der Waals surface area contributed by atoms with Crippen molar-refractivity contribution in [3.8, 4) is 11.5 Å². The zero-order chi connectivity index (χ0) is 20.9. The van der Waals surface area contributed by atoms with Crippen LogP contribution < -0.4 is 19.3 Å². The van der Waals surface area contributed by atoms with E-state index in [4.69, 9.17) is 9.47 Å². The average molecular weight is 412 g/mol. The zero-order valence-electron chi connectivity index (χ0n) is 18.0. The summed E-state index contributed by atoms with van der Waals surface area (Å²) in [5.74, 6) is 1.71. The number of amides is 1. The first-order chi connectivity index (χ1) is 14.6. The van der Waals surface area contributed by atoms with Crippen LogP contribution in [0, 0.1) is 6.92 Å². The highest BCUT2D eigenvalue weighted by Gasteiger charge is 2.28. The van der Waals surface area contributed by atoms with Crippen LogP contribution >= 0.6 is 0 Å². The second-order valence-electron chi connectivity index (χ2n) is 8.55. The number of rotatable bonds is 6. The molecule has 0 bridgehead atoms. The van der Waals surface area contributed by atoms with Gasteiger partial charge in [-0.15, -0.1) is 0 Å². The maximum absolute atomic E-state index is 12.7. The van der Waals surface area contributed by atoms with Gasteiger partial charge in [-0.25, -0.2) is 0 Å². The second-order valence-corrected chi connectivity index (χ2v) is 8.55. The van der Waals surface area contributed by atoms with Crippen molar-refractivity contribution in [2.24, 2.45) is 0 Å². The molecule has 2 aliphatic rings. The standard InChI is InChI=1S/C24H31N3O3/c1-19-7-3-4-8-20(19)15-26-11-13-27(14-12-26)17-24(28)25(2)16-21-18-29-22-9-5-6-10-23(22)30-21/h3-10,21H,11-18H2,1-2H3/p+2/t21-/m1/s1. The van der Waals surface area contributed by atoms with Gasteiger partial charge in [-0.1, -0.05) is 36.4 Å². The first kappa shape index (κ1) is 20.7. The lowest BCUT2D eigenvalue weighted by Crippen LogP contribution is -3.28. The predicted octanol–water partition coefficient (Wildman–Crippen LogP) is -0.423. The lowest BCUT2D eigenvalue weighted by molar-refractivity contribution is -1.02. The monoisotopic (exact) mass is 411 g/mol. The Balaban J connectivity index is 1.21. The Morgan fingerprint density at radius 2 is 1.67 bits per heavy atom. The number of ether oxygens (including phenoxy) is 2. The Morgan fingerprint density at radius 3 is 2.43 bits per heavy atom. The number of carbonyl (C=O) groups is 1. The van der Waals surface area contributed by atoms with Gasteiger partial charge in [-0.2, -0.15) is 0 Å². The molecule has 1 amide bonds. The van der Waals surface area contributed by atoms with Gasteiger partial charge in [0.05, 0.1) is 6.54 Å². The number of hydrogen-bond donors (Lipinski definition) is 2. The predicted molar refractivity (Wildman–Crippen MR) is 115 cm³/mol. The molecule has 6 heteroatoms. The molecule has 1 fully saturated rings. The van der Waals surface area contributed by atoms with Crippen LogP contribution in [-0.4, -0.2) is 69.8 Å². The van der Waals surface area contributed by atoms with Crippen LogP contribution in [0.1, 0.15) is 11.1 Å². The molecule has 0 aromatic heterocycles. The molecule has 0 radical (unpaired) electrons. The summed E-state index contributed by atoms with van der Waals surface area (Å²) in [6.07, 6.45) is -0.126. The van der Waals surface area contributed by atoms with Crippen molar-refractivity contribution < 1.29 is 24.1 Å². The first-order valence-electron chi connectivity index (χ1n) is 10.9. The summed E-state index contributed by atoms with van der Waals surface area (Å²) in [7, 11) is 1.87. The van der Waals surface area contributed by atoms with Crippen molar-refractivity contribution in [2.75, 3.05) is 52.9 Å². The van der Waals surface area contributed by atoms with E-state index in [2.05, 4.69) is 31.2 Å². The van der Waals surface area contributed by atoms with Crippen LogP contribution in [0.5, 0.6) is 11.5 Å². The molecule has 0 saturated carbocycles. The lowest BCUT2D eigenvalue weighted by Gasteiger charge is -2.32. The minimum absolute atomic E-state index is 0.126. The molecule has 2 aliphatic heterocycles. The van der Waals surface area contributed by atoms with Crippen molar-refractivity contribution in [1.29, 1.82) is 0 Å². The Bertz CT molecular complexity index is 864. The van der Waals surface area contributed by atoms with Crippen LogP contribution in [-0.2, 0) is 11.3 Å². The number of nitrogens with one attached hydrogen (secondary N) is 2. The number of piperazine rings is 1. The van der Waals surface area contributed by atoms with Gasteiger partial charge in [0.15, 0.2) is 24.1 Å². The van der Waals surface area contributed by atoms with E-state index in [1.165, 1.54) is 16.0 Å². The fraction of sp³-hybridized carbons (Fsp3) is 0.458. The van der Waals surface area contributed by atoms with Gasteiger partial charge in [-0.05, 0) is 24.6 Å². The van der Waals surface area contributed by atoms with Crippen molar-refractivity contribution in [1.82, 2.24) is 4.90 Å². The summed E-state index contributed by atoms with van der Waals surface area (Å²) in [5, 5.41) is 0. The summed E-state index contributed by atoms with van der Waals surface area (Å²) in [4.78, 5) is 17.5. The van der Waals surface area contributed by atoms with E-state index >= 15 is 0 Å². The fourth-order valence-electron chi connectivity index (χ4n) is 4.30. The maximum Gasteiger partial charge on any atom is 0.277 e. The molecular formula is C24H33N3O3+2. The number of para-hydroxylation sites is 2. The minimum Gasteiger partial charge on any atom is -0.486 e. The van der Waals surface area contributed by atoms with Crippen LogP contribution in [0.15, 0.2) is 48.5 Å². The largest absolute Gasteiger partial charge is 0.486 e. The van der Waals surface area contributed by atoms with E-state index in [0.29, 0.717) is 19.7 Å². The molecule has 2 heterocycles. The summed E-state index contributed by atoms with van der Waals surface area (Å²) < 4.78 is 11.8. The Morgan fingerprint density at radius 1 is 1.00 bits per heavy atom. The van der Waals surface area contributed by atoms with E-state index in [-0.39, 0.29) is 12.0 Å². The Hall–Kier alpha value is -2.57. The first-order valence-corrected chi connectivity index (χ1v) is 10.9. The molecule has 2 N–H and O–H groups in total. The van der Waals surface area contributed by atoms with E-state index in [1.54, 1.807) is 9.80 Å². The second kappa shape index (κ2) is 9.49. The SMILES string of the molecule is Cc1ccccc1C[NH+]1CC[NH+](CC(=O)N(C)C[C@@H]2COc3ccccc3O2)CC1. The third kappa shape index (κ3) is 5.12. The van der Waals surface area contributed by atoms with E-state index in [9.17, 15) is 4.79 Å². The van der Waals surface area contributed by atoms with Gasteiger partial charge in [0.2, 0.25) is 0 Å². The van der Waals surface area contributed by atoms with Gasteiger partial charge in [-0.3, -0.25) is 4.79 Å². The topological polar surface area (TPSA) is 47.7 Å². The molecule has 0 unspecified atom stereocenters. The summed E-state index contributed by atoms with van der Waals surface area (Å²) in [5.41, 5.74) is 2.80. The molecule has 0 spiro atoms. The average Bonchev–Trinajstić information content (AvgIpc) is 2.76. The number of likely N-dealkylation sites (N-methyl/N-ethyl adjacent to an activating group) is 1. The van der Waals surface area contributed by atoms with E-state index in [1.807, 2.05) is 31.3 Å². The fourth-order valence-corrected chi connectivity index (χ4v) is 4.30. The molecule has 2 aromatic carbocycles. The van der Waals surface area contributed by atoms with Gasteiger partial charge in [0.1, 0.15) is 39.3 Å². The zero-order valence-corrected chi connectivity index (χ0v) is 18.0. The number of fused-ring (bicyclic) bond motifs is 1. The highest BCUT2D eigenvalue weighted by Crippen LogP contribution is 2.30. The van der Waals surface area contributed by atoms with Gasteiger partial charge in [0, 0.05) is 12.6 Å². The highest BCUT2D eigenvalue weighted by molar-refractivity contribution is 5.76. The number of nitrogens with zero attached hydrogens (tertiary/aromatic N) is 1. The quantitative estimate of drug-likeness (QED) is 0.679. The number of carbonyl (C=O) groups excluding carboxylic acids is 1. The van der Waals surface area contributed by atoms with Crippen molar-refractivity contribution >= 4 is 5.91 Å². The highest BCUT2D eigenvalue weighted by atomic mass is 16.6. The van der Waals surface area contributed by atoms with Gasteiger partial charge < -0.3 is 24.2 Å². The molecule has 6 nitrogen and oxygen atoms in total. The Labute approximate surface area is 179 Å². The van der Waals surface area contributed by atoms with Gasteiger partial charge in [0.25, 0.3) is 5.91 Å². The van der Waals surface area contributed by atoms with Crippen LogP contribution in [0.25, 0.3) is 0 Å². The smallest absolute Gasteiger partial charge is 0.277 e. The molecule has 1 saturated heterocycles. The number of aryl methyl sites for hydroxylation is 1. The lowest BCUT2D eigenvalue weighted by atomic mass is 10.1. The number of hydrogen-bond acceptors (Lipinski definition) is 3. The third-order valence-corrected chi connectivity index (χ3v) is 6.24. The molecule has 1 atom stereocenters. The number of quaternary nitrogens is 2.